The van der Waals surface area contributed by atoms with Gasteiger partial charge in [0.2, 0.25) is 6.79 Å². The second kappa shape index (κ2) is 7.82. The molecule has 0 fully saturated rings. The molecule has 6 rings (SSSR count). The van der Waals surface area contributed by atoms with Gasteiger partial charge in [-0.3, -0.25) is 0 Å². The number of aromatic nitrogens is 2. The third-order valence-corrected chi connectivity index (χ3v) is 6.55. The largest absolute Gasteiger partial charge is 0.497 e. The van der Waals surface area contributed by atoms with Crippen LogP contribution < -0.4 is 14.2 Å². The Labute approximate surface area is 198 Å². The minimum absolute atomic E-state index is 0.159. The van der Waals surface area contributed by atoms with Crippen LogP contribution in [-0.4, -0.2) is 33.7 Å². The van der Waals surface area contributed by atoms with Gasteiger partial charge in [-0.2, -0.15) is 8.75 Å². The van der Waals surface area contributed by atoms with E-state index in [2.05, 4.69) is 8.75 Å². The fourth-order valence-corrected chi connectivity index (χ4v) is 4.80. The number of aliphatic hydroxyl groups is 1. The zero-order valence-corrected chi connectivity index (χ0v) is 18.8. The fraction of sp³-hybridized carbons (Fsp3) is 0.160. The van der Waals surface area contributed by atoms with Crippen molar-refractivity contribution < 1.29 is 28.8 Å². The summed E-state index contributed by atoms with van der Waals surface area (Å²) in [7, 11) is 1.56. The molecule has 2 aliphatic heterocycles. The third-order valence-electron chi connectivity index (χ3n) is 6.00. The van der Waals surface area contributed by atoms with Gasteiger partial charge in [0.1, 0.15) is 16.8 Å². The number of nitrogens with zero attached hydrogens (tertiary/aromatic N) is 2. The topological polar surface area (TPSA) is 100 Å². The summed E-state index contributed by atoms with van der Waals surface area (Å²) in [4.78, 5) is 13.2. The number of cyclic esters (lactones) is 1. The van der Waals surface area contributed by atoms with E-state index in [0.717, 1.165) is 22.8 Å². The van der Waals surface area contributed by atoms with Crippen LogP contribution in [0.15, 0.2) is 66.2 Å². The monoisotopic (exact) mass is 474 g/mol. The van der Waals surface area contributed by atoms with E-state index in [4.69, 9.17) is 18.9 Å². The summed E-state index contributed by atoms with van der Waals surface area (Å²) in [6.45, 7) is 0.159. The Morgan fingerprint density at radius 3 is 2.62 bits per heavy atom. The van der Waals surface area contributed by atoms with Crippen molar-refractivity contribution in [2.75, 3.05) is 13.9 Å². The van der Waals surface area contributed by atoms with Crippen molar-refractivity contribution in [3.8, 4) is 17.2 Å². The van der Waals surface area contributed by atoms with E-state index in [0.29, 0.717) is 45.0 Å². The molecule has 170 valence electrons. The number of rotatable bonds is 5. The summed E-state index contributed by atoms with van der Waals surface area (Å²) in [5.74, 6) is -0.669. The van der Waals surface area contributed by atoms with Crippen LogP contribution in [0.3, 0.4) is 0 Å². The molecule has 0 bridgehead atoms. The van der Waals surface area contributed by atoms with Gasteiger partial charge >= 0.3 is 5.97 Å². The van der Waals surface area contributed by atoms with Crippen LogP contribution in [0, 0.1) is 0 Å². The average molecular weight is 474 g/mol. The maximum Gasteiger partial charge on any atom is 0.342 e. The van der Waals surface area contributed by atoms with Gasteiger partial charge in [-0.05, 0) is 59.7 Å². The first-order valence-electron chi connectivity index (χ1n) is 10.5. The molecule has 0 radical (unpaired) electrons. The fourth-order valence-electron chi connectivity index (χ4n) is 4.28. The van der Waals surface area contributed by atoms with E-state index in [1.807, 2.05) is 18.2 Å². The van der Waals surface area contributed by atoms with E-state index in [1.54, 1.807) is 49.6 Å². The number of esters is 1. The minimum atomic E-state index is -1.95. The SMILES string of the molecule is COc1ccc(C2(O)OC(=O)C(c3ccc4nsnc4c3)=C2Cc2ccc3c(c2)OCO3)cc1. The molecular weight excluding hydrogens is 456 g/mol. The van der Waals surface area contributed by atoms with Crippen molar-refractivity contribution in [1.29, 1.82) is 0 Å². The summed E-state index contributed by atoms with van der Waals surface area (Å²) in [5, 5.41) is 11.8. The molecule has 1 unspecified atom stereocenters. The Hall–Kier alpha value is -3.95. The van der Waals surface area contributed by atoms with Gasteiger partial charge in [0.05, 0.1) is 24.4 Å². The maximum absolute atomic E-state index is 13.2. The lowest BCUT2D eigenvalue weighted by Gasteiger charge is -2.26. The predicted octanol–water partition coefficient (Wildman–Crippen LogP) is 3.83. The average Bonchev–Trinajstić information content (AvgIpc) is 3.57. The van der Waals surface area contributed by atoms with Crippen LogP contribution in [0.4, 0.5) is 0 Å². The van der Waals surface area contributed by atoms with Crippen molar-refractivity contribution >= 4 is 34.3 Å². The maximum atomic E-state index is 13.2. The highest BCUT2D eigenvalue weighted by molar-refractivity contribution is 7.00. The lowest BCUT2D eigenvalue weighted by atomic mass is 9.88. The molecule has 3 heterocycles. The summed E-state index contributed by atoms with van der Waals surface area (Å²) >= 11 is 1.10. The first kappa shape index (κ1) is 20.6. The number of benzene rings is 3. The van der Waals surface area contributed by atoms with E-state index in [9.17, 15) is 9.90 Å². The van der Waals surface area contributed by atoms with Crippen LogP contribution in [-0.2, 0) is 21.7 Å². The summed E-state index contributed by atoms with van der Waals surface area (Å²) in [5.41, 5.74) is 3.98. The lowest BCUT2D eigenvalue weighted by Crippen LogP contribution is -2.29. The molecule has 3 aromatic carbocycles. The van der Waals surface area contributed by atoms with Crippen LogP contribution in [0.2, 0.25) is 0 Å². The molecule has 8 nitrogen and oxygen atoms in total. The van der Waals surface area contributed by atoms with Crippen LogP contribution in [0.5, 0.6) is 17.2 Å². The molecule has 0 saturated carbocycles. The number of carbonyl (C=O) groups excluding carboxylic acids is 1. The lowest BCUT2D eigenvalue weighted by molar-refractivity contribution is -0.185. The number of hydrogen-bond acceptors (Lipinski definition) is 9. The Bertz CT molecular complexity index is 1460. The normalized spacial score (nSPS) is 19.1. The summed E-state index contributed by atoms with van der Waals surface area (Å²) < 4.78 is 30.3. The Kier molecular flexibility index (Phi) is 4.75. The molecule has 34 heavy (non-hydrogen) atoms. The van der Waals surface area contributed by atoms with Gasteiger partial charge in [0.15, 0.2) is 11.5 Å². The zero-order chi connectivity index (χ0) is 23.3. The Morgan fingerprint density at radius 1 is 1.00 bits per heavy atom. The van der Waals surface area contributed by atoms with Crippen molar-refractivity contribution in [3.63, 3.8) is 0 Å². The Morgan fingerprint density at radius 2 is 1.79 bits per heavy atom. The first-order valence-corrected chi connectivity index (χ1v) is 11.2. The number of ether oxygens (including phenoxy) is 4. The molecule has 1 aromatic heterocycles. The molecule has 0 spiro atoms. The Balaban J connectivity index is 1.51. The zero-order valence-electron chi connectivity index (χ0n) is 18.0. The highest BCUT2D eigenvalue weighted by atomic mass is 32.1. The van der Waals surface area contributed by atoms with Gasteiger partial charge in [-0.15, -0.1) is 0 Å². The highest BCUT2D eigenvalue weighted by Crippen LogP contribution is 2.46. The standard InChI is InChI=1S/C25H18N2O6S/c1-30-17-6-4-16(5-7-17)25(29)18(10-14-2-9-21-22(11-14)32-13-31-21)23(24(28)33-25)15-3-8-19-20(12-15)27-34-26-19/h2-9,11-12,29H,10,13H2,1H3. The van der Waals surface area contributed by atoms with E-state index < -0.39 is 11.8 Å². The number of hydrogen-bond donors (Lipinski definition) is 1. The van der Waals surface area contributed by atoms with Gasteiger partial charge < -0.3 is 24.1 Å². The summed E-state index contributed by atoms with van der Waals surface area (Å²) in [6.07, 6.45) is 0.244. The minimum Gasteiger partial charge on any atom is -0.497 e. The van der Waals surface area contributed by atoms with Crippen molar-refractivity contribution in [3.05, 3.63) is 82.9 Å². The summed E-state index contributed by atoms with van der Waals surface area (Å²) in [6, 6.07) is 17.7. The second-order valence-corrected chi connectivity index (χ2v) is 8.48. The first-order chi connectivity index (χ1) is 16.5. The third kappa shape index (κ3) is 3.28. The number of fused-ring (bicyclic) bond motifs is 2. The second-order valence-electron chi connectivity index (χ2n) is 7.95. The quantitative estimate of drug-likeness (QED) is 0.436. The van der Waals surface area contributed by atoms with Crippen molar-refractivity contribution in [2.24, 2.45) is 0 Å². The molecule has 1 atom stereocenters. The number of carbonyl (C=O) groups is 1. The van der Waals surface area contributed by atoms with Crippen molar-refractivity contribution in [1.82, 2.24) is 8.75 Å². The van der Waals surface area contributed by atoms with Gasteiger partial charge in [0, 0.05) is 17.6 Å². The number of methoxy groups -OCH3 is 1. The van der Waals surface area contributed by atoms with Gasteiger partial charge in [-0.25, -0.2) is 4.79 Å². The highest BCUT2D eigenvalue weighted by Gasteiger charge is 2.48. The van der Waals surface area contributed by atoms with E-state index in [1.165, 1.54) is 0 Å². The van der Waals surface area contributed by atoms with E-state index >= 15 is 0 Å². The smallest absolute Gasteiger partial charge is 0.342 e. The van der Waals surface area contributed by atoms with E-state index in [-0.39, 0.29) is 13.2 Å². The molecule has 0 amide bonds. The van der Waals surface area contributed by atoms with Gasteiger partial charge in [0.25, 0.3) is 5.79 Å². The van der Waals surface area contributed by atoms with Crippen molar-refractivity contribution in [2.45, 2.75) is 12.2 Å². The molecule has 0 aliphatic carbocycles. The molecule has 9 heteroatoms. The molecular formula is C25H18N2O6S. The molecule has 4 aromatic rings. The predicted molar refractivity (Wildman–Crippen MR) is 124 cm³/mol. The molecule has 2 aliphatic rings. The van der Waals surface area contributed by atoms with Crippen LogP contribution in [0.25, 0.3) is 16.6 Å². The van der Waals surface area contributed by atoms with Crippen LogP contribution in [0.1, 0.15) is 16.7 Å². The molecule has 1 N–H and O–H groups in total. The van der Waals surface area contributed by atoms with Crippen LogP contribution >= 0.6 is 11.7 Å². The van der Waals surface area contributed by atoms with Gasteiger partial charge in [-0.1, -0.05) is 12.1 Å². The molecule has 0 saturated heterocycles.